The summed E-state index contributed by atoms with van der Waals surface area (Å²) in [5.41, 5.74) is 0.0285. The lowest BCUT2D eigenvalue weighted by Crippen LogP contribution is -2.17. The van der Waals surface area contributed by atoms with Gasteiger partial charge in [0.25, 0.3) is 0 Å². The number of halogens is 4. The molecule has 1 aliphatic rings. The minimum absolute atomic E-state index is 0.0173. The van der Waals surface area contributed by atoms with Crippen molar-refractivity contribution >= 4 is 5.57 Å². The van der Waals surface area contributed by atoms with E-state index in [4.69, 9.17) is 0 Å². The van der Waals surface area contributed by atoms with Crippen molar-refractivity contribution in [3.05, 3.63) is 65.3 Å². The Labute approximate surface area is 108 Å². The van der Waals surface area contributed by atoms with E-state index >= 15 is 0 Å². The summed E-state index contributed by atoms with van der Waals surface area (Å²) in [5, 5.41) is 0. The highest BCUT2D eigenvalue weighted by molar-refractivity contribution is 5.82. The molecular weight excluding hydrogens is 256 g/mol. The highest BCUT2D eigenvalue weighted by Gasteiger charge is 2.36. The molecule has 0 saturated carbocycles. The fourth-order valence-corrected chi connectivity index (χ4v) is 2.06. The van der Waals surface area contributed by atoms with Crippen LogP contribution in [0.5, 0.6) is 0 Å². The first-order valence-electron chi connectivity index (χ1n) is 5.82. The molecule has 0 fully saturated rings. The minimum Gasteiger partial charge on any atom is -0.246 e. The first kappa shape index (κ1) is 13.6. The van der Waals surface area contributed by atoms with Crippen LogP contribution in [0.4, 0.5) is 17.6 Å². The maximum absolute atomic E-state index is 12.8. The average molecular weight is 268 g/mol. The molecule has 0 nitrogen and oxygen atoms in total. The van der Waals surface area contributed by atoms with Crippen molar-refractivity contribution < 1.29 is 17.6 Å². The van der Waals surface area contributed by atoms with Gasteiger partial charge in [0.05, 0.1) is 5.57 Å². The second-order valence-electron chi connectivity index (χ2n) is 4.17. The third kappa shape index (κ3) is 2.95. The lowest BCUT2D eigenvalue weighted by atomic mass is 9.88. The van der Waals surface area contributed by atoms with E-state index in [9.17, 15) is 17.6 Å². The molecule has 0 heterocycles. The van der Waals surface area contributed by atoms with E-state index in [1.165, 1.54) is 0 Å². The monoisotopic (exact) mass is 268 g/mol. The summed E-state index contributed by atoms with van der Waals surface area (Å²) in [5.74, 6) is 0. The summed E-state index contributed by atoms with van der Waals surface area (Å²) in [7, 11) is 0. The largest absolute Gasteiger partial charge is 0.415 e. The van der Waals surface area contributed by atoms with Gasteiger partial charge in [-0.1, -0.05) is 48.6 Å². The van der Waals surface area contributed by atoms with Gasteiger partial charge in [0.1, 0.15) is 6.67 Å². The summed E-state index contributed by atoms with van der Waals surface area (Å²) in [6, 6.07) is 8.71. The molecule has 0 N–H and O–H groups in total. The van der Waals surface area contributed by atoms with Gasteiger partial charge < -0.3 is 0 Å². The van der Waals surface area contributed by atoms with Gasteiger partial charge in [-0.05, 0) is 23.1 Å². The van der Waals surface area contributed by atoms with Crippen molar-refractivity contribution in [1.29, 1.82) is 0 Å². The molecule has 4 heteroatoms. The van der Waals surface area contributed by atoms with E-state index in [2.05, 4.69) is 0 Å². The van der Waals surface area contributed by atoms with Gasteiger partial charge in [-0.2, -0.15) is 13.2 Å². The summed E-state index contributed by atoms with van der Waals surface area (Å²) >= 11 is 0. The molecule has 0 unspecified atom stereocenters. The van der Waals surface area contributed by atoms with Crippen LogP contribution in [0.2, 0.25) is 0 Å². The lowest BCUT2D eigenvalue weighted by molar-refractivity contribution is -0.0956. The van der Waals surface area contributed by atoms with Crippen LogP contribution >= 0.6 is 0 Å². The predicted molar refractivity (Wildman–Crippen MR) is 67.2 cm³/mol. The molecule has 19 heavy (non-hydrogen) atoms. The van der Waals surface area contributed by atoms with Crippen molar-refractivity contribution in [1.82, 2.24) is 0 Å². The Kier molecular flexibility index (Phi) is 3.88. The second kappa shape index (κ2) is 5.43. The molecule has 0 saturated heterocycles. The molecule has 1 aromatic rings. The SMILES string of the molecule is FCC(=C1CC=CC=C1c1ccccc1)C(F)(F)F. The van der Waals surface area contributed by atoms with E-state index in [-0.39, 0.29) is 12.0 Å². The Morgan fingerprint density at radius 3 is 2.37 bits per heavy atom. The quantitative estimate of drug-likeness (QED) is 0.672. The number of allylic oxidation sites excluding steroid dienone is 6. The van der Waals surface area contributed by atoms with Gasteiger partial charge >= 0.3 is 6.18 Å². The first-order valence-corrected chi connectivity index (χ1v) is 5.82. The van der Waals surface area contributed by atoms with Crippen molar-refractivity contribution in [2.75, 3.05) is 6.67 Å². The van der Waals surface area contributed by atoms with E-state index in [0.29, 0.717) is 11.1 Å². The standard InChI is InChI=1S/C15H12F4/c16-10-14(15(17,18)19)13-9-5-4-8-12(13)11-6-2-1-3-7-11/h1-8H,9-10H2. The maximum atomic E-state index is 12.8. The molecule has 2 rings (SSSR count). The Balaban J connectivity index is 2.55. The van der Waals surface area contributed by atoms with Crippen molar-refractivity contribution in [2.45, 2.75) is 12.6 Å². The molecule has 0 atom stereocenters. The van der Waals surface area contributed by atoms with E-state index < -0.39 is 18.4 Å². The van der Waals surface area contributed by atoms with E-state index in [1.807, 2.05) is 0 Å². The van der Waals surface area contributed by atoms with Gasteiger partial charge in [-0.15, -0.1) is 0 Å². The molecule has 0 aliphatic heterocycles. The minimum atomic E-state index is -4.64. The van der Waals surface area contributed by atoms with Crippen LogP contribution in [0, 0.1) is 0 Å². The van der Waals surface area contributed by atoms with Crippen LogP contribution in [0.3, 0.4) is 0 Å². The summed E-state index contributed by atoms with van der Waals surface area (Å²) in [6.45, 7) is -1.50. The normalized spacial score (nSPS) is 18.2. The maximum Gasteiger partial charge on any atom is 0.415 e. The van der Waals surface area contributed by atoms with Crippen LogP contribution in [0.1, 0.15) is 12.0 Å². The summed E-state index contributed by atoms with van der Waals surface area (Å²) in [4.78, 5) is 0. The number of rotatable bonds is 2. The molecule has 1 aromatic carbocycles. The Morgan fingerprint density at radius 2 is 1.79 bits per heavy atom. The van der Waals surface area contributed by atoms with Crippen molar-refractivity contribution in [3.8, 4) is 0 Å². The van der Waals surface area contributed by atoms with E-state index in [0.717, 1.165) is 0 Å². The van der Waals surface area contributed by atoms with Gasteiger partial charge in [0.2, 0.25) is 0 Å². The molecule has 0 bridgehead atoms. The number of benzene rings is 1. The Hall–Kier alpha value is -1.84. The van der Waals surface area contributed by atoms with Crippen molar-refractivity contribution in [2.24, 2.45) is 0 Å². The van der Waals surface area contributed by atoms with Gasteiger partial charge in [0, 0.05) is 0 Å². The zero-order chi connectivity index (χ0) is 13.9. The van der Waals surface area contributed by atoms with Crippen LogP contribution in [-0.4, -0.2) is 12.9 Å². The van der Waals surface area contributed by atoms with Crippen LogP contribution < -0.4 is 0 Å². The van der Waals surface area contributed by atoms with Gasteiger partial charge in [-0.3, -0.25) is 0 Å². The Bertz CT molecular complexity index is 533. The fraction of sp³-hybridized carbons (Fsp3) is 0.200. The highest BCUT2D eigenvalue weighted by Crippen LogP contribution is 2.38. The molecule has 1 aliphatic carbocycles. The molecule has 0 radical (unpaired) electrons. The van der Waals surface area contributed by atoms with Crippen molar-refractivity contribution in [3.63, 3.8) is 0 Å². The summed E-state index contributed by atoms with van der Waals surface area (Å²) < 4.78 is 51.3. The van der Waals surface area contributed by atoms with Gasteiger partial charge in [0.15, 0.2) is 0 Å². The number of alkyl halides is 4. The topological polar surface area (TPSA) is 0 Å². The molecule has 100 valence electrons. The third-order valence-electron chi connectivity index (χ3n) is 2.97. The lowest BCUT2D eigenvalue weighted by Gasteiger charge is -2.19. The number of hydrogen-bond acceptors (Lipinski definition) is 0. The van der Waals surface area contributed by atoms with Crippen LogP contribution in [-0.2, 0) is 0 Å². The smallest absolute Gasteiger partial charge is 0.246 e. The zero-order valence-corrected chi connectivity index (χ0v) is 10.0. The Morgan fingerprint density at radius 1 is 1.11 bits per heavy atom. The molecule has 0 aromatic heterocycles. The fourth-order valence-electron chi connectivity index (χ4n) is 2.06. The molecule has 0 spiro atoms. The van der Waals surface area contributed by atoms with Gasteiger partial charge in [-0.25, -0.2) is 4.39 Å². The predicted octanol–water partition coefficient (Wildman–Crippen LogP) is 4.86. The van der Waals surface area contributed by atoms with E-state index in [1.54, 1.807) is 48.6 Å². The molecule has 0 amide bonds. The number of hydrogen-bond donors (Lipinski definition) is 0. The first-order chi connectivity index (χ1) is 9.04. The molecular formula is C15H12F4. The third-order valence-corrected chi connectivity index (χ3v) is 2.97. The second-order valence-corrected chi connectivity index (χ2v) is 4.17. The average Bonchev–Trinajstić information content (AvgIpc) is 2.39. The zero-order valence-electron chi connectivity index (χ0n) is 10.0. The van der Waals surface area contributed by atoms with Crippen LogP contribution in [0.15, 0.2) is 59.7 Å². The highest BCUT2D eigenvalue weighted by atomic mass is 19.4. The van der Waals surface area contributed by atoms with Crippen LogP contribution in [0.25, 0.3) is 5.57 Å². The summed E-state index contributed by atoms with van der Waals surface area (Å²) in [6.07, 6.45) is 0.347.